The highest BCUT2D eigenvalue weighted by atomic mass is 32.2. The number of carbonyl (C=O) groups is 2. The van der Waals surface area contributed by atoms with Crippen LogP contribution in [0.15, 0.2) is 47.5 Å². The zero-order valence-corrected chi connectivity index (χ0v) is 16.8. The summed E-state index contributed by atoms with van der Waals surface area (Å²) in [4.78, 5) is 30.6. The van der Waals surface area contributed by atoms with E-state index < -0.39 is 45.0 Å². The smallest absolute Gasteiger partial charge is 0.333 e. The van der Waals surface area contributed by atoms with Crippen LogP contribution in [-0.4, -0.2) is 53.7 Å². The Hall–Kier alpha value is -3.34. The molecule has 1 fully saturated rings. The lowest BCUT2D eigenvalue weighted by molar-refractivity contribution is -0.131. The van der Waals surface area contributed by atoms with Crippen molar-refractivity contribution in [2.75, 3.05) is 18.4 Å². The van der Waals surface area contributed by atoms with Crippen molar-refractivity contribution in [1.82, 2.24) is 14.2 Å². The normalized spacial score (nSPS) is 23.4. The number of aromatic nitrogens is 1. The summed E-state index contributed by atoms with van der Waals surface area (Å²) in [5, 5.41) is 2.38. The summed E-state index contributed by atoms with van der Waals surface area (Å²) in [7, 11) is -4.40. The molecule has 3 aliphatic rings. The molecular weight excluding hydrogens is 430 g/mol. The van der Waals surface area contributed by atoms with Crippen LogP contribution in [0.25, 0.3) is 5.57 Å². The molecule has 0 saturated carbocycles. The molecule has 0 spiro atoms. The summed E-state index contributed by atoms with van der Waals surface area (Å²) in [5.74, 6) is -1.74. The molecule has 0 unspecified atom stereocenters. The van der Waals surface area contributed by atoms with Gasteiger partial charge in [0, 0.05) is 6.54 Å². The third kappa shape index (κ3) is 3.16. The first kappa shape index (κ1) is 19.6. The van der Waals surface area contributed by atoms with Gasteiger partial charge in [-0.3, -0.25) is 9.78 Å². The van der Waals surface area contributed by atoms with Gasteiger partial charge in [0.1, 0.15) is 23.1 Å². The lowest BCUT2D eigenvalue weighted by Crippen LogP contribution is -2.50. The number of likely N-dealkylation sites (tertiary alicyclic amines) is 1. The fraction of sp³-hybridized carbons (Fsp3) is 0.250. The average molecular weight is 446 g/mol. The second-order valence-electron chi connectivity index (χ2n) is 7.62. The zero-order valence-electron chi connectivity index (χ0n) is 16.0. The molecule has 5 rings (SSSR count). The maximum atomic E-state index is 13.6. The molecule has 1 saturated heterocycles. The number of nitrogens with zero attached hydrogens (tertiary/aromatic N) is 3. The minimum absolute atomic E-state index is 0.0390. The highest BCUT2D eigenvalue weighted by Gasteiger charge is 2.45. The Labute approximate surface area is 176 Å². The van der Waals surface area contributed by atoms with Crippen molar-refractivity contribution in [3.63, 3.8) is 0 Å². The van der Waals surface area contributed by atoms with Crippen LogP contribution >= 0.6 is 0 Å². The van der Waals surface area contributed by atoms with Crippen molar-refractivity contribution in [3.8, 4) is 0 Å². The van der Waals surface area contributed by atoms with E-state index in [9.17, 15) is 26.8 Å². The molecular formula is C20H16F2N4O4S. The van der Waals surface area contributed by atoms with Gasteiger partial charge in [-0.15, -0.1) is 0 Å². The van der Waals surface area contributed by atoms with Gasteiger partial charge in [-0.05, 0) is 48.2 Å². The number of anilines is 1. The summed E-state index contributed by atoms with van der Waals surface area (Å²) in [6.07, 6.45) is 3.72. The molecule has 1 aliphatic carbocycles. The second kappa shape index (κ2) is 6.84. The minimum Gasteiger partial charge on any atom is -0.333 e. The van der Waals surface area contributed by atoms with E-state index in [1.165, 1.54) is 17.0 Å². The Bertz CT molecular complexity index is 1250. The van der Waals surface area contributed by atoms with Crippen molar-refractivity contribution in [1.29, 1.82) is 0 Å². The predicted octanol–water partition coefficient (Wildman–Crippen LogP) is 2.21. The lowest BCUT2D eigenvalue weighted by atomic mass is 10.0. The number of nitrogens with one attached hydrogen (secondary N) is 1. The molecule has 8 nitrogen and oxygen atoms in total. The van der Waals surface area contributed by atoms with Gasteiger partial charge in [0.25, 0.3) is 10.0 Å². The predicted molar refractivity (Wildman–Crippen MR) is 105 cm³/mol. The molecule has 3 amide bonds. The SMILES string of the molecule is O=C(CN1C(=O)Nc2ccc(F)cc2S1(=O)=O)N1C[C@@H]2C=C(c3ccc(F)cn3)[C@H]1C2. The molecule has 1 aromatic heterocycles. The number of pyridine rings is 1. The van der Waals surface area contributed by atoms with E-state index in [2.05, 4.69) is 10.3 Å². The molecule has 2 aromatic rings. The van der Waals surface area contributed by atoms with Crippen molar-refractivity contribution < 1.29 is 26.8 Å². The summed E-state index contributed by atoms with van der Waals surface area (Å²) < 4.78 is 52.9. The van der Waals surface area contributed by atoms with Crippen LogP contribution in [0.3, 0.4) is 0 Å². The quantitative estimate of drug-likeness (QED) is 0.779. The minimum atomic E-state index is -4.40. The van der Waals surface area contributed by atoms with Crippen molar-refractivity contribution >= 4 is 33.2 Å². The average Bonchev–Trinajstić information content (AvgIpc) is 3.33. The first-order valence-corrected chi connectivity index (χ1v) is 10.9. The Morgan fingerprint density at radius 2 is 1.97 bits per heavy atom. The number of fused-ring (bicyclic) bond motifs is 3. The van der Waals surface area contributed by atoms with E-state index >= 15 is 0 Å². The van der Waals surface area contributed by atoms with Crippen LogP contribution in [0.2, 0.25) is 0 Å². The summed E-state index contributed by atoms with van der Waals surface area (Å²) >= 11 is 0. The number of benzene rings is 1. The van der Waals surface area contributed by atoms with E-state index in [1.54, 1.807) is 0 Å². The molecule has 2 bridgehead atoms. The summed E-state index contributed by atoms with van der Waals surface area (Å²) in [6, 6.07) is 4.49. The van der Waals surface area contributed by atoms with Gasteiger partial charge in [-0.1, -0.05) is 6.08 Å². The zero-order chi connectivity index (χ0) is 21.9. The number of halogens is 2. The fourth-order valence-corrected chi connectivity index (χ4v) is 5.76. The Morgan fingerprint density at radius 3 is 2.68 bits per heavy atom. The van der Waals surface area contributed by atoms with Crippen LogP contribution in [-0.2, 0) is 14.8 Å². The van der Waals surface area contributed by atoms with Gasteiger partial charge in [-0.2, -0.15) is 0 Å². The van der Waals surface area contributed by atoms with Gasteiger partial charge in [0.2, 0.25) is 5.91 Å². The largest absolute Gasteiger partial charge is 0.336 e. The molecule has 31 heavy (non-hydrogen) atoms. The van der Waals surface area contributed by atoms with Crippen molar-refractivity contribution in [2.45, 2.75) is 17.4 Å². The van der Waals surface area contributed by atoms with Crippen molar-refractivity contribution in [3.05, 3.63) is 59.9 Å². The van der Waals surface area contributed by atoms with Crippen molar-refractivity contribution in [2.24, 2.45) is 5.92 Å². The maximum Gasteiger partial charge on any atom is 0.336 e. The number of amides is 3. The Kier molecular flexibility index (Phi) is 4.33. The number of sulfonamides is 1. The molecule has 2 aliphatic heterocycles. The van der Waals surface area contributed by atoms with Crippen LogP contribution in [0.4, 0.5) is 19.3 Å². The van der Waals surface area contributed by atoms with E-state index in [4.69, 9.17) is 0 Å². The van der Waals surface area contributed by atoms with Crippen LogP contribution in [0, 0.1) is 17.6 Å². The first-order chi connectivity index (χ1) is 14.7. The highest BCUT2D eigenvalue weighted by molar-refractivity contribution is 7.90. The second-order valence-corrected chi connectivity index (χ2v) is 9.45. The molecule has 0 radical (unpaired) electrons. The van der Waals surface area contributed by atoms with Gasteiger partial charge in [-0.25, -0.2) is 26.3 Å². The standard InChI is InChI=1S/C20H16F2N4O4S/c21-12-1-4-16-18(7-12)31(29,30)26(20(28)24-16)10-19(27)25-9-11-5-14(17(25)6-11)15-3-2-13(22)8-23-15/h1-5,7-8,11,17H,6,9-10H2,(H,24,28)/t11-,17-/m1/s1. The number of urea groups is 1. The molecule has 3 heterocycles. The fourth-order valence-electron chi connectivity index (χ4n) is 4.32. The molecule has 1 aromatic carbocycles. The molecule has 11 heteroatoms. The van der Waals surface area contributed by atoms with E-state index in [-0.39, 0.29) is 17.6 Å². The third-order valence-corrected chi connectivity index (χ3v) is 7.48. The number of hydrogen-bond donors (Lipinski definition) is 1. The van der Waals surface area contributed by atoms with Gasteiger partial charge in [0.15, 0.2) is 0 Å². The highest BCUT2D eigenvalue weighted by Crippen LogP contribution is 2.41. The lowest BCUT2D eigenvalue weighted by Gasteiger charge is -2.32. The van der Waals surface area contributed by atoms with E-state index in [1.807, 2.05) is 6.08 Å². The summed E-state index contributed by atoms with van der Waals surface area (Å²) in [5.41, 5.74) is 1.27. The number of rotatable bonds is 3. The monoisotopic (exact) mass is 446 g/mol. The summed E-state index contributed by atoms with van der Waals surface area (Å²) in [6.45, 7) is -0.327. The maximum absolute atomic E-state index is 13.6. The van der Waals surface area contributed by atoms with Gasteiger partial charge < -0.3 is 10.2 Å². The number of carbonyl (C=O) groups excluding carboxylic acids is 2. The van der Waals surface area contributed by atoms with Crippen LogP contribution in [0.5, 0.6) is 0 Å². The molecule has 160 valence electrons. The van der Waals surface area contributed by atoms with E-state index in [0.717, 1.165) is 30.0 Å². The first-order valence-electron chi connectivity index (χ1n) is 9.50. The van der Waals surface area contributed by atoms with E-state index in [0.29, 0.717) is 23.0 Å². The topological polar surface area (TPSA) is 99.7 Å². The van der Waals surface area contributed by atoms with Gasteiger partial charge in [0.05, 0.1) is 23.6 Å². The third-order valence-electron chi connectivity index (χ3n) is 5.71. The Morgan fingerprint density at radius 1 is 1.19 bits per heavy atom. The van der Waals surface area contributed by atoms with Crippen LogP contribution in [0.1, 0.15) is 12.1 Å². The Balaban J connectivity index is 1.39. The van der Waals surface area contributed by atoms with Gasteiger partial charge >= 0.3 is 6.03 Å². The molecule has 2 atom stereocenters. The number of hydrogen-bond acceptors (Lipinski definition) is 5. The van der Waals surface area contributed by atoms with Crippen LogP contribution < -0.4 is 5.32 Å². The molecule has 1 N–H and O–H groups in total.